The Morgan fingerprint density at radius 3 is 2.15 bits per heavy atom. The van der Waals surface area contributed by atoms with Gasteiger partial charge in [-0.05, 0) is 56.2 Å². The molecule has 3 aromatic carbocycles. The Balaban J connectivity index is 1.24. The van der Waals surface area contributed by atoms with Gasteiger partial charge < -0.3 is 4.57 Å². The van der Waals surface area contributed by atoms with Gasteiger partial charge in [0.05, 0.1) is 29.2 Å². The number of carbonyl (C=O) groups is 1. The molecule has 0 fully saturated rings. The highest BCUT2D eigenvalue weighted by Gasteiger charge is 2.24. The molecule has 0 spiro atoms. The third-order valence-electron chi connectivity index (χ3n) is 8.65. The fourth-order valence-electron chi connectivity index (χ4n) is 6.16. The molecule has 0 N–H and O–H groups in total. The molecule has 10 heteroatoms. The summed E-state index contributed by atoms with van der Waals surface area (Å²) >= 11 is 2.70. The molecule has 0 aliphatic rings. The number of ketones is 1. The molecule has 4 heterocycles. The van der Waals surface area contributed by atoms with Crippen molar-refractivity contribution < 1.29 is 4.79 Å². The van der Waals surface area contributed by atoms with Gasteiger partial charge in [0.15, 0.2) is 10.9 Å². The van der Waals surface area contributed by atoms with E-state index in [-0.39, 0.29) is 22.7 Å². The van der Waals surface area contributed by atoms with Crippen molar-refractivity contribution in [2.24, 2.45) is 7.05 Å². The van der Waals surface area contributed by atoms with E-state index in [0.717, 1.165) is 33.1 Å². The molecule has 0 aliphatic heterocycles. The first kappa shape index (κ1) is 31.4. The fraction of sp³-hybridized carbons (Fsp3) is 0.158. The van der Waals surface area contributed by atoms with Crippen molar-refractivity contribution in [3.05, 3.63) is 152 Å². The summed E-state index contributed by atoms with van der Waals surface area (Å²) in [6, 6.07) is 33.0. The molecule has 0 amide bonds. The zero-order valence-corrected chi connectivity index (χ0v) is 28.6. The number of para-hydroxylation sites is 1. The van der Waals surface area contributed by atoms with Crippen LogP contribution < -0.4 is 11.1 Å². The topological polar surface area (TPSA) is 83.8 Å². The first-order valence-electron chi connectivity index (χ1n) is 15.6. The second-order valence-corrected chi connectivity index (χ2v) is 13.7. The van der Waals surface area contributed by atoms with Gasteiger partial charge in [-0.25, -0.2) is 9.67 Å². The molecule has 7 rings (SSSR count). The normalized spacial score (nSPS) is 11.4. The maximum absolute atomic E-state index is 14.0. The standard InChI is InChI=1S/C38H33N5O3S2/c1-24-20-30(25(2)42(24)34-26(3)40(4)43(36(34)45)29-18-12-7-13-19-29)32(44)23-47-38-39-31-21-33(28-16-10-6-11-17-28)48-35(31)37(46)41(38)22-27-14-8-5-9-15-27/h5-21H,22-23H2,1-4H3. The van der Waals surface area contributed by atoms with Gasteiger partial charge in [0.1, 0.15) is 10.4 Å². The Kier molecular flexibility index (Phi) is 8.36. The minimum absolute atomic E-state index is 0.0781. The van der Waals surface area contributed by atoms with Crippen LogP contribution in [0.4, 0.5) is 0 Å². The number of aromatic nitrogens is 5. The Labute approximate surface area is 285 Å². The molecule has 8 nitrogen and oxygen atoms in total. The van der Waals surface area contributed by atoms with Gasteiger partial charge in [-0.15, -0.1) is 11.3 Å². The van der Waals surface area contributed by atoms with Crippen molar-refractivity contribution in [1.29, 1.82) is 0 Å². The lowest BCUT2D eigenvalue weighted by atomic mass is 10.2. The van der Waals surface area contributed by atoms with Crippen LogP contribution in [0.2, 0.25) is 0 Å². The van der Waals surface area contributed by atoms with Crippen LogP contribution in [0, 0.1) is 20.8 Å². The molecule has 0 aliphatic carbocycles. The molecule has 0 saturated heterocycles. The van der Waals surface area contributed by atoms with Crippen molar-refractivity contribution in [3.63, 3.8) is 0 Å². The number of thiophene rings is 1. The summed E-state index contributed by atoms with van der Waals surface area (Å²) in [7, 11) is 1.86. The first-order chi connectivity index (χ1) is 23.2. The van der Waals surface area contributed by atoms with Gasteiger partial charge in [-0.1, -0.05) is 90.6 Å². The van der Waals surface area contributed by atoms with E-state index in [2.05, 4.69) is 0 Å². The van der Waals surface area contributed by atoms with Crippen LogP contribution in [-0.2, 0) is 13.6 Å². The summed E-state index contributed by atoms with van der Waals surface area (Å²) in [5.74, 6) is -0.0263. The Morgan fingerprint density at radius 2 is 1.46 bits per heavy atom. The zero-order chi connectivity index (χ0) is 33.5. The molecule has 0 unspecified atom stereocenters. The average Bonchev–Trinajstić information content (AvgIpc) is 3.73. The molecule has 0 radical (unpaired) electrons. The number of hydrogen-bond donors (Lipinski definition) is 0. The molecule has 7 aromatic rings. The molecule has 0 bridgehead atoms. The smallest absolute Gasteiger partial charge is 0.295 e. The Hall–Kier alpha value is -5.19. The molecule has 240 valence electrons. The van der Waals surface area contributed by atoms with E-state index in [9.17, 15) is 14.4 Å². The number of rotatable bonds is 9. The number of Topliss-reactive ketones (excluding diaryl/α,β-unsaturated/α-hetero) is 1. The fourth-order valence-corrected chi connectivity index (χ4v) is 8.09. The second-order valence-electron chi connectivity index (χ2n) is 11.7. The van der Waals surface area contributed by atoms with Crippen LogP contribution in [0.25, 0.3) is 32.0 Å². The lowest BCUT2D eigenvalue weighted by Gasteiger charge is -2.12. The summed E-state index contributed by atoms with van der Waals surface area (Å²) in [4.78, 5) is 47.6. The van der Waals surface area contributed by atoms with Gasteiger partial charge in [0, 0.05) is 28.9 Å². The maximum atomic E-state index is 14.0. The number of thioether (sulfide) groups is 1. The van der Waals surface area contributed by atoms with Crippen molar-refractivity contribution >= 4 is 39.1 Å². The van der Waals surface area contributed by atoms with Crippen molar-refractivity contribution in [2.45, 2.75) is 32.5 Å². The molecule has 0 saturated carbocycles. The minimum atomic E-state index is -0.163. The average molecular weight is 672 g/mol. The number of nitrogens with zero attached hydrogens (tertiary/aromatic N) is 5. The van der Waals surface area contributed by atoms with E-state index in [1.165, 1.54) is 23.1 Å². The van der Waals surface area contributed by atoms with Gasteiger partial charge in [0.2, 0.25) is 0 Å². The zero-order valence-electron chi connectivity index (χ0n) is 27.0. The highest BCUT2D eigenvalue weighted by Crippen LogP contribution is 2.32. The van der Waals surface area contributed by atoms with Crippen LogP contribution in [0.3, 0.4) is 0 Å². The first-order valence-corrected chi connectivity index (χ1v) is 17.4. The summed E-state index contributed by atoms with van der Waals surface area (Å²) in [5.41, 5.74) is 6.41. The third kappa shape index (κ3) is 5.56. The SMILES string of the molecule is Cc1cc(C(=O)CSc2nc3cc(-c4ccccc4)sc3c(=O)n2Cc2ccccc2)c(C)n1-c1c(C)n(C)n(-c2ccccc2)c1=O. The van der Waals surface area contributed by atoms with E-state index in [1.807, 2.05) is 140 Å². The van der Waals surface area contributed by atoms with E-state index in [0.29, 0.717) is 38.9 Å². The quantitative estimate of drug-likeness (QED) is 0.0911. The number of hydrogen-bond acceptors (Lipinski definition) is 6. The van der Waals surface area contributed by atoms with E-state index in [1.54, 1.807) is 9.25 Å². The predicted octanol–water partition coefficient (Wildman–Crippen LogP) is 7.35. The summed E-state index contributed by atoms with van der Waals surface area (Å²) in [6.07, 6.45) is 0. The van der Waals surface area contributed by atoms with Crippen LogP contribution in [0.1, 0.15) is 33.0 Å². The minimum Gasteiger partial charge on any atom is -0.311 e. The van der Waals surface area contributed by atoms with Crippen LogP contribution in [-0.4, -0.2) is 35.0 Å². The lowest BCUT2D eigenvalue weighted by molar-refractivity contribution is 0.102. The summed E-state index contributed by atoms with van der Waals surface area (Å²) in [6.45, 7) is 6.03. The predicted molar refractivity (Wildman–Crippen MR) is 194 cm³/mol. The van der Waals surface area contributed by atoms with Gasteiger partial charge in [0.25, 0.3) is 11.1 Å². The van der Waals surface area contributed by atoms with Crippen molar-refractivity contribution in [3.8, 4) is 21.8 Å². The second kappa shape index (κ2) is 12.8. The maximum Gasteiger partial charge on any atom is 0.295 e. The monoisotopic (exact) mass is 671 g/mol. The largest absolute Gasteiger partial charge is 0.311 e. The van der Waals surface area contributed by atoms with Crippen LogP contribution in [0.5, 0.6) is 0 Å². The number of carbonyl (C=O) groups excluding carboxylic acids is 1. The Morgan fingerprint density at radius 1 is 0.812 bits per heavy atom. The van der Waals surface area contributed by atoms with Crippen LogP contribution in [0.15, 0.2) is 118 Å². The summed E-state index contributed by atoms with van der Waals surface area (Å²) in [5, 5.41) is 0.487. The van der Waals surface area contributed by atoms with E-state index >= 15 is 0 Å². The van der Waals surface area contributed by atoms with Crippen molar-refractivity contribution in [1.82, 2.24) is 23.5 Å². The Bertz CT molecular complexity index is 2420. The highest BCUT2D eigenvalue weighted by atomic mass is 32.2. The molecular weight excluding hydrogens is 639 g/mol. The molecule has 4 aromatic heterocycles. The van der Waals surface area contributed by atoms with Gasteiger partial charge in [-0.3, -0.25) is 23.6 Å². The number of fused-ring (bicyclic) bond motifs is 1. The van der Waals surface area contributed by atoms with Crippen molar-refractivity contribution in [2.75, 3.05) is 5.75 Å². The number of benzene rings is 3. The van der Waals surface area contributed by atoms with Gasteiger partial charge in [-0.2, -0.15) is 0 Å². The van der Waals surface area contributed by atoms with Crippen LogP contribution >= 0.6 is 23.1 Å². The highest BCUT2D eigenvalue weighted by molar-refractivity contribution is 7.99. The third-order valence-corrected chi connectivity index (χ3v) is 10.8. The lowest BCUT2D eigenvalue weighted by Crippen LogP contribution is -2.23. The summed E-state index contributed by atoms with van der Waals surface area (Å²) < 4.78 is 7.61. The number of aryl methyl sites for hydroxylation is 1. The molecule has 0 atom stereocenters. The molecule has 48 heavy (non-hydrogen) atoms. The molecular formula is C38H33N5O3S2. The van der Waals surface area contributed by atoms with Gasteiger partial charge >= 0.3 is 0 Å². The van der Waals surface area contributed by atoms with E-state index < -0.39 is 0 Å². The van der Waals surface area contributed by atoms with E-state index in [4.69, 9.17) is 4.98 Å².